The molecule has 1 aliphatic rings. The van der Waals surface area contributed by atoms with E-state index in [0.29, 0.717) is 17.1 Å². The molecular formula is C11H15NO3S. The highest BCUT2D eigenvalue weighted by Crippen LogP contribution is 2.34. The van der Waals surface area contributed by atoms with Crippen LogP contribution in [-0.2, 0) is 9.84 Å². The first kappa shape index (κ1) is 11.4. The van der Waals surface area contributed by atoms with Gasteiger partial charge in [0.15, 0.2) is 9.84 Å². The lowest BCUT2D eigenvalue weighted by Gasteiger charge is -2.25. The molecule has 0 saturated carbocycles. The van der Waals surface area contributed by atoms with Crippen LogP contribution in [0.15, 0.2) is 23.1 Å². The van der Waals surface area contributed by atoms with Crippen molar-refractivity contribution < 1.29 is 13.2 Å². The smallest absolute Gasteiger partial charge is 0.178 e. The molecule has 88 valence electrons. The summed E-state index contributed by atoms with van der Waals surface area (Å²) in [7, 11) is 0.310. The number of hydrogen-bond acceptors (Lipinski definition) is 4. The second-order valence-corrected chi connectivity index (χ2v) is 5.93. The second kappa shape index (κ2) is 4.07. The van der Waals surface area contributed by atoms with Crippen LogP contribution in [0.3, 0.4) is 0 Å². The van der Waals surface area contributed by atoms with Crippen LogP contribution in [0.2, 0.25) is 0 Å². The number of rotatable bonds is 2. The molecule has 0 radical (unpaired) electrons. The summed E-state index contributed by atoms with van der Waals surface area (Å²) in [4.78, 5) is 0.430. The summed E-state index contributed by atoms with van der Waals surface area (Å²) in [5.41, 5.74) is 0.813. The predicted molar refractivity (Wildman–Crippen MR) is 61.5 cm³/mol. The van der Waals surface area contributed by atoms with Crippen LogP contribution in [0.1, 0.15) is 18.0 Å². The average molecular weight is 241 g/mol. The van der Waals surface area contributed by atoms with Gasteiger partial charge in [0.25, 0.3) is 0 Å². The Hall–Kier alpha value is -1.07. The van der Waals surface area contributed by atoms with Crippen molar-refractivity contribution in [2.24, 2.45) is 0 Å². The Morgan fingerprint density at radius 3 is 2.81 bits per heavy atom. The third-order valence-corrected chi connectivity index (χ3v) is 4.77. The van der Waals surface area contributed by atoms with Gasteiger partial charge in [-0.3, -0.25) is 0 Å². The van der Waals surface area contributed by atoms with Gasteiger partial charge in [0, 0.05) is 6.04 Å². The molecule has 1 aromatic rings. The first-order valence-corrected chi connectivity index (χ1v) is 6.81. The molecule has 0 bridgehead atoms. The summed E-state index contributed by atoms with van der Waals surface area (Å²) in [5.74, 6) is 0.897. The van der Waals surface area contributed by atoms with Crippen molar-refractivity contribution in [2.75, 3.05) is 19.9 Å². The van der Waals surface area contributed by atoms with E-state index in [0.717, 1.165) is 5.56 Å². The van der Waals surface area contributed by atoms with Crippen LogP contribution in [0, 0.1) is 0 Å². The van der Waals surface area contributed by atoms with E-state index in [-0.39, 0.29) is 11.8 Å². The molecule has 4 nitrogen and oxygen atoms in total. The van der Waals surface area contributed by atoms with E-state index in [1.165, 1.54) is 0 Å². The van der Waals surface area contributed by atoms with Gasteiger partial charge in [-0.2, -0.15) is 0 Å². The SMILES string of the molecule is CNC1CCS(=O)(=O)c2ccc(OC)cc21. The highest BCUT2D eigenvalue weighted by Gasteiger charge is 2.29. The third kappa shape index (κ3) is 1.81. The topological polar surface area (TPSA) is 55.4 Å². The van der Waals surface area contributed by atoms with Crippen LogP contribution in [-0.4, -0.2) is 28.3 Å². The van der Waals surface area contributed by atoms with E-state index in [9.17, 15) is 8.42 Å². The second-order valence-electron chi connectivity index (χ2n) is 3.85. The molecule has 1 aromatic carbocycles. The Bertz CT molecular complexity index is 496. The van der Waals surface area contributed by atoms with Crippen LogP contribution < -0.4 is 10.1 Å². The van der Waals surface area contributed by atoms with Crippen molar-refractivity contribution in [3.63, 3.8) is 0 Å². The van der Waals surface area contributed by atoms with Crippen LogP contribution in [0.25, 0.3) is 0 Å². The molecule has 0 fully saturated rings. The Morgan fingerprint density at radius 1 is 1.44 bits per heavy atom. The van der Waals surface area contributed by atoms with E-state index < -0.39 is 9.84 Å². The monoisotopic (exact) mass is 241 g/mol. The third-order valence-electron chi connectivity index (χ3n) is 2.95. The number of sulfone groups is 1. The maximum absolute atomic E-state index is 11.9. The fourth-order valence-electron chi connectivity index (χ4n) is 2.05. The summed E-state index contributed by atoms with van der Waals surface area (Å²) < 4.78 is 28.8. The van der Waals surface area contributed by atoms with Crippen molar-refractivity contribution in [1.29, 1.82) is 0 Å². The summed E-state index contributed by atoms with van der Waals surface area (Å²) >= 11 is 0. The van der Waals surface area contributed by atoms with Crippen molar-refractivity contribution >= 4 is 9.84 Å². The lowest BCUT2D eigenvalue weighted by Crippen LogP contribution is -2.27. The average Bonchev–Trinajstić information content (AvgIpc) is 2.28. The molecule has 1 N–H and O–H groups in total. The van der Waals surface area contributed by atoms with E-state index in [1.807, 2.05) is 7.05 Å². The van der Waals surface area contributed by atoms with E-state index in [1.54, 1.807) is 25.3 Å². The number of nitrogens with one attached hydrogen (secondary N) is 1. The van der Waals surface area contributed by atoms with Gasteiger partial charge in [-0.1, -0.05) is 0 Å². The van der Waals surface area contributed by atoms with Crippen molar-refractivity contribution in [1.82, 2.24) is 5.32 Å². The molecule has 16 heavy (non-hydrogen) atoms. The normalized spacial score (nSPS) is 22.5. The minimum atomic E-state index is -3.11. The molecule has 5 heteroatoms. The van der Waals surface area contributed by atoms with Gasteiger partial charge in [-0.15, -0.1) is 0 Å². The lowest BCUT2D eigenvalue weighted by atomic mass is 10.0. The lowest BCUT2D eigenvalue weighted by molar-refractivity contribution is 0.412. The summed E-state index contributed by atoms with van der Waals surface area (Å²) in [6.45, 7) is 0. The standard InChI is InChI=1S/C11H15NO3S/c1-12-10-5-6-16(13,14)11-4-3-8(15-2)7-9(10)11/h3-4,7,10,12H,5-6H2,1-2H3. The van der Waals surface area contributed by atoms with Gasteiger partial charge >= 0.3 is 0 Å². The number of benzene rings is 1. The van der Waals surface area contributed by atoms with Crippen LogP contribution in [0.4, 0.5) is 0 Å². The van der Waals surface area contributed by atoms with Gasteiger partial charge in [0.2, 0.25) is 0 Å². The zero-order valence-corrected chi connectivity index (χ0v) is 10.2. The summed E-state index contributed by atoms with van der Waals surface area (Å²) in [6.07, 6.45) is 0.610. The van der Waals surface area contributed by atoms with Gasteiger partial charge in [-0.25, -0.2) is 8.42 Å². The Labute approximate surface area is 95.5 Å². The number of fused-ring (bicyclic) bond motifs is 1. The summed E-state index contributed by atoms with van der Waals surface area (Å²) in [5, 5.41) is 3.13. The molecule has 0 aliphatic carbocycles. The van der Waals surface area contributed by atoms with Crippen molar-refractivity contribution in [3.8, 4) is 5.75 Å². The molecular weight excluding hydrogens is 226 g/mol. The number of ether oxygens (including phenoxy) is 1. The quantitative estimate of drug-likeness (QED) is 0.843. The number of hydrogen-bond donors (Lipinski definition) is 1. The van der Waals surface area contributed by atoms with Crippen LogP contribution >= 0.6 is 0 Å². The molecule has 0 spiro atoms. The molecule has 0 aromatic heterocycles. The fourth-order valence-corrected chi connectivity index (χ4v) is 3.65. The first-order valence-electron chi connectivity index (χ1n) is 5.16. The maximum Gasteiger partial charge on any atom is 0.178 e. The minimum Gasteiger partial charge on any atom is -0.497 e. The molecule has 0 saturated heterocycles. The zero-order valence-electron chi connectivity index (χ0n) is 9.36. The first-order chi connectivity index (χ1) is 7.58. The molecule has 0 amide bonds. The maximum atomic E-state index is 11.9. The molecule has 2 rings (SSSR count). The largest absolute Gasteiger partial charge is 0.497 e. The highest BCUT2D eigenvalue weighted by atomic mass is 32.2. The molecule has 1 heterocycles. The van der Waals surface area contributed by atoms with Crippen molar-refractivity contribution in [2.45, 2.75) is 17.4 Å². The Morgan fingerprint density at radius 2 is 2.19 bits per heavy atom. The van der Waals surface area contributed by atoms with Gasteiger partial charge < -0.3 is 10.1 Å². The summed E-state index contributed by atoms with van der Waals surface area (Å²) in [6, 6.07) is 5.21. The number of methoxy groups -OCH3 is 1. The van der Waals surface area contributed by atoms with E-state index >= 15 is 0 Å². The zero-order chi connectivity index (χ0) is 11.8. The minimum absolute atomic E-state index is 0.0913. The molecule has 1 unspecified atom stereocenters. The van der Waals surface area contributed by atoms with E-state index in [2.05, 4.69) is 5.32 Å². The Balaban J connectivity index is 2.59. The highest BCUT2D eigenvalue weighted by molar-refractivity contribution is 7.91. The van der Waals surface area contributed by atoms with Gasteiger partial charge in [-0.05, 0) is 37.2 Å². The fraction of sp³-hybridized carbons (Fsp3) is 0.455. The molecule has 1 atom stereocenters. The molecule has 1 aliphatic heterocycles. The Kier molecular flexibility index (Phi) is 2.90. The van der Waals surface area contributed by atoms with E-state index in [4.69, 9.17) is 4.74 Å². The predicted octanol–water partition coefficient (Wildman–Crippen LogP) is 1.13. The van der Waals surface area contributed by atoms with Crippen LogP contribution in [0.5, 0.6) is 5.75 Å². The van der Waals surface area contributed by atoms with Crippen molar-refractivity contribution in [3.05, 3.63) is 23.8 Å². The van der Waals surface area contributed by atoms with Gasteiger partial charge in [0.05, 0.1) is 17.8 Å². The van der Waals surface area contributed by atoms with Gasteiger partial charge in [0.1, 0.15) is 5.75 Å².